The molecule has 2 aromatic carbocycles. The van der Waals surface area contributed by atoms with Gasteiger partial charge in [0.25, 0.3) is 5.91 Å². The van der Waals surface area contributed by atoms with Crippen LogP contribution in [0.2, 0.25) is 0 Å². The van der Waals surface area contributed by atoms with E-state index < -0.39 is 17.7 Å². The first-order chi connectivity index (χ1) is 17.3. The van der Waals surface area contributed by atoms with E-state index in [4.69, 9.17) is 0 Å². The summed E-state index contributed by atoms with van der Waals surface area (Å²) in [4.78, 5) is 29.5. The fourth-order valence-corrected chi connectivity index (χ4v) is 4.31. The number of aliphatic hydroxyl groups is 2. The fraction of sp³-hybridized carbons (Fsp3) is 0.357. The number of hydrogen-bond acceptors (Lipinski definition) is 6. The maximum atomic E-state index is 13.2. The molecular weight excluding hydrogens is 454 g/mol. The lowest BCUT2D eigenvalue weighted by Crippen LogP contribution is -2.45. The van der Waals surface area contributed by atoms with Crippen LogP contribution in [-0.4, -0.2) is 53.8 Å². The molecule has 0 fully saturated rings. The number of aromatic amines is 1. The molecule has 36 heavy (non-hydrogen) atoms. The first kappa shape index (κ1) is 25.5. The number of rotatable bonds is 11. The van der Waals surface area contributed by atoms with E-state index >= 15 is 0 Å². The number of benzene rings is 2. The predicted molar refractivity (Wildman–Crippen MR) is 138 cm³/mol. The second kappa shape index (κ2) is 11.4. The SMILES string of the molecule is CC(C)(O)CC[C@H](C[C@H](O)[C@H](Cc1ccccc1)NC(=O)c1cnc2ccccc2n1)c1ncc[nH]1. The maximum Gasteiger partial charge on any atom is 0.271 e. The Labute approximate surface area is 210 Å². The van der Waals surface area contributed by atoms with Gasteiger partial charge in [0.05, 0.1) is 35.0 Å². The van der Waals surface area contributed by atoms with Gasteiger partial charge in [-0.25, -0.2) is 9.97 Å². The Morgan fingerprint density at radius 3 is 2.47 bits per heavy atom. The Morgan fingerprint density at radius 1 is 1.06 bits per heavy atom. The number of fused-ring (bicyclic) bond motifs is 1. The van der Waals surface area contributed by atoms with E-state index in [1.165, 1.54) is 6.20 Å². The number of carbonyl (C=O) groups excluding carboxylic acids is 1. The summed E-state index contributed by atoms with van der Waals surface area (Å²) in [6.45, 7) is 3.54. The van der Waals surface area contributed by atoms with Crippen molar-refractivity contribution in [3.8, 4) is 0 Å². The molecule has 8 nitrogen and oxygen atoms in total. The highest BCUT2D eigenvalue weighted by molar-refractivity contribution is 5.94. The summed E-state index contributed by atoms with van der Waals surface area (Å²) in [6, 6.07) is 16.6. The van der Waals surface area contributed by atoms with Gasteiger partial charge in [-0.3, -0.25) is 9.78 Å². The minimum atomic E-state index is -0.862. The Kier molecular flexibility index (Phi) is 8.07. The lowest BCUT2D eigenvalue weighted by atomic mass is 9.87. The highest BCUT2D eigenvalue weighted by Crippen LogP contribution is 2.28. The van der Waals surface area contributed by atoms with E-state index in [-0.39, 0.29) is 17.5 Å². The van der Waals surface area contributed by atoms with Crippen molar-refractivity contribution in [2.75, 3.05) is 0 Å². The Bertz CT molecular complexity index is 1260. The largest absolute Gasteiger partial charge is 0.391 e. The number of aliphatic hydroxyl groups excluding tert-OH is 1. The molecule has 0 radical (unpaired) electrons. The summed E-state index contributed by atoms with van der Waals surface area (Å²) in [5, 5.41) is 24.6. The number of imidazole rings is 1. The average molecular weight is 488 g/mol. The molecule has 4 rings (SSSR count). The molecule has 2 heterocycles. The van der Waals surface area contributed by atoms with Crippen LogP contribution in [0.15, 0.2) is 73.2 Å². The van der Waals surface area contributed by atoms with Crippen molar-refractivity contribution in [1.29, 1.82) is 0 Å². The number of H-pyrrole nitrogens is 1. The van der Waals surface area contributed by atoms with Crippen molar-refractivity contribution in [2.45, 2.75) is 63.2 Å². The lowest BCUT2D eigenvalue weighted by molar-refractivity contribution is 0.0594. The van der Waals surface area contributed by atoms with Crippen LogP contribution in [0.5, 0.6) is 0 Å². The van der Waals surface area contributed by atoms with Crippen molar-refractivity contribution in [3.63, 3.8) is 0 Å². The van der Waals surface area contributed by atoms with Crippen LogP contribution in [0.1, 0.15) is 60.9 Å². The van der Waals surface area contributed by atoms with Crippen LogP contribution in [0, 0.1) is 0 Å². The summed E-state index contributed by atoms with van der Waals surface area (Å²) in [7, 11) is 0. The second-order valence-electron chi connectivity index (χ2n) is 9.84. The van der Waals surface area contributed by atoms with Crippen LogP contribution in [0.3, 0.4) is 0 Å². The molecule has 0 aliphatic carbocycles. The third-order valence-electron chi connectivity index (χ3n) is 6.30. The van der Waals surface area contributed by atoms with Crippen LogP contribution >= 0.6 is 0 Å². The van der Waals surface area contributed by atoms with E-state index in [0.29, 0.717) is 36.7 Å². The summed E-state index contributed by atoms with van der Waals surface area (Å²) in [6.07, 6.45) is 6.03. The van der Waals surface area contributed by atoms with Crippen molar-refractivity contribution < 1.29 is 15.0 Å². The van der Waals surface area contributed by atoms with Crippen molar-refractivity contribution in [1.82, 2.24) is 25.3 Å². The average Bonchev–Trinajstić information content (AvgIpc) is 3.40. The fourth-order valence-electron chi connectivity index (χ4n) is 4.31. The Hall–Kier alpha value is -3.62. The molecule has 0 aliphatic heterocycles. The Balaban J connectivity index is 1.54. The van der Waals surface area contributed by atoms with Gasteiger partial charge in [-0.15, -0.1) is 0 Å². The molecule has 188 valence electrons. The third kappa shape index (κ3) is 6.96. The van der Waals surface area contributed by atoms with E-state index in [1.807, 2.05) is 54.6 Å². The number of hydrogen-bond donors (Lipinski definition) is 4. The van der Waals surface area contributed by atoms with Crippen LogP contribution in [-0.2, 0) is 6.42 Å². The van der Waals surface area contributed by atoms with Crippen LogP contribution in [0.4, 0.5) is 0 Å². The van der Waals surface area contributed by atoms with Gasteiger partial charge in [-0.2, -0.15) is 0 Å². The second-order valence-corrected chi connectivity index (χ2v) is 9.84. The number of para-hydroxylation sites is 2. The predicted octanol–water partition coefficient (Wildman–Crippen LogP) is 3.78. The van der Waals surface area contributed by atoms with Gasteiger partial charge in [0, 0.05) is 18.3 Å². The van der Waals surface area contributed by atoms with Crippen LogP contribution < -0.4 is 5.32 Å². The third-order valence-corrected chi connectivity index (χ3v) is 6.30. The quantitative estimate of drug-likeness (QED) is 0.255. The van der Waals surface area contributed by atoms with E-state index in [1.54, 1.807) is 26.2 Å². The normalized spacial score (nSPS) is 14.3. The molecule has 0 bridgehead atoms. The molecule has 0 aliphatic rings. The molecule has 2 aromatic heterocycles. The minimum Gasteiger partial charge on any atom is -0.391 e. The number of nitrogens with one attached hydrogen (secondary N) is 2. The summed E-state index contributed by atoms with van der Waals surface area (Å²) < 4.78 is 0. The van der Waals surface area contributed by atoms with E-state index in [9.17, 15) is 15.0 Å². The van der Waals surface area contributed by atoms with Gasteiger partial charge in [-0.05, 0) is 57.2 Å². The highest BCUT2D eigenvalue weighted by Gasteiger charge is 2.28. The molecule has 4 N–H and O–H groups in total. The molecule has 0 unspecified atom stereocenters. The van der Waals surface area contributed by atoms with Crippen LogP contribution in [0.25, 0.3) is 11.0 Å². The van der Waals surface area contributed by atoms with Crippen molar-refractivity contribution in [2.24, 2.45) is 0 Å². The number of amides is 1. The molecule has 4 aromatic rings. The van der Waals surface area contributed by atoms with E-state index in [0.717, 1.165) is 11.4 Å². The maximum absolute atomic E-state index is 13.2. The topological polar surface area (TPSA) is 124 Å². The summed E-state index contributed by atoms with van der Waals surface area (Å²) in [5.74, 6) is 0.250. The molecule has 8 heteroatoms. The zero-order valence-corrected chi connectivity index (χ0v) is 20.6. The number of carbonyl (C=O) groups is 1. The summed E-state index contributed by atoms with van der Waals surface area (Å²) in [5.41, 5.74) is 1.71. The summed E-state index contributed by atoms with van der Waals surface area (Å²) >= 11 is 0. The standard InChI is InChI=1S/C28H33N5O3/c1-28(2,36)13-12-20(26-29-14-15-30-26)17-25(34)23(16-19-8-4-3-5-9-19)33-27(35)24-18-31-21-10-6-7-11-22(21)32-24/h3-11,14-15,18,20,23,25,34,36H,12-13,16-17H2,1-2H3,(H,29,30)(H,33,35)/t20-,23+,25+/m1/s1. The van der Waals surface area contributed by atoms with Gasteiger partial charge >= 0.3 is 0 Å². The molecule has 1 amide bonds. The van der Waals surface area contributed by atoms with Gasteiger partial charge in [0.15, 0.2) is 0 Å². The first-order valence-corrected chi connectivity index (χ1v) is 12.2. The van der Waals surface area contributed by atoms with Gasteiger partial charge < -0.3 is 20.5 Å². The molecule has 0 saturated carbocycles. The number of nitrogens with zero attached hydrogens (tertiary/aromatic N) is 3. The first-order valence-electron chi connectivity index (χ1n) is 12.2. The highest BCUT2D eigenvalue weighted by atomic mass is 16.3. The minimum absolute atomic E-state index is 0.114. The van der Waals surface area contributed by atoms with Crippen molar-refractivity contribution >= 4 is 16.9 Å². The molecule has 3 atom stereocenters. The lowest BCUT2D eigenvalue weighted by Gasteiger charge is -2.28. The zero-order chi connectivity index (χ0) is 25.5. The molecule has 0 saturated heterocycles. The molecular formula is C28H33N5O3. The zero-order valence-electron chi connectivity index (χ0n) is 20.6. The smallest absolute Gasteiger partial charge is 0.271 e. The van der Waals surface area contributed by atoms with E-state index in [2.05, 4.69) is 25.3 Å². The van der Waals surface area contributed by atoms with Gasteiger partial charge in [0.1, 0.15) is 11.5 Å². The number of aromatic nitrogens is 4. The van der Waals surface area contributed by atoms with Crippen molar-refractivity contribution in [3.05, 3.63) is 90.3 Å². The van der Waals surface area contributed by atoms with Gasteiger partial charge in [-0.1, -0.05) is 42.5 Å². The molecule has 0 spiro atoms. The monoisotopic (exact) mass is 487 g/mol. The Morgan fingerprint density at radius 2 is 1.78 bits per heavy atom. The van der Waals surface area contributed by atoms with Gasteiger partial charge in [0.2, 0.25) is 0 Å².